The Hall–Kier alpha value is -3.60. The van der Waals surface area contributed by atoms with E-state index in [2.05, 4.69) is 10.2 Å². The molecule has 0 fully saturated rings. The van der Waals surface area contributed by atoms with Crippen LogP contribution in [-0.2, 0) is 0 Å². The number of nitro groups is 1. The molecule has 3 aromatic carbocycles. The van der Waals surface area contributed by atoms with Crippen LogP contribution in [-0.4, -0.2) is 4.92 Å². The van der Waals surface area contributed by atoms with Crippen molar-refractivity contribution in [1.29, 1.82) is 0 Å². The highest BCUT2D eigenvalue weighted by Crippen LogP contribution is 2.20. The molecule has 128 valence electrons. The van der Waals surface area contributed by atoms with Gasteiger partial charge in [-0.1, -0.05) is 42.0 Å². The van der Waals surface area contributed by atoms with Crippen LogP contribution in [0.2, 0.25) is 0 Å². The molecule has 5 heteroatoms. The van der Waals surface area contributed by atoms with E-state index in [1.807, 2.05) is 67.6 Å². The number of non-ortho nitro benzene ring substituents is 1. The number of azo groups is 1. The number of aryl methyl sites for hydroxylation is 1. The summed E-state index contributed by atoms with van der Waals surface area (Å²) in [6, 6.07) is 22.0. The van der Waals surface area contributed by atoms with E-state index < -0.39 is 4.92 Å². The van der Waals surface area contributed by atoms with Gasteiger partial charge in [-0.2, -0.15) is 10.2 Å². The maximum atomic E-state index is 10.7. The molecule has 0 unspecified atom stereocenters. The van der Waals surface area contributed by atoms with Crippen molar-refractivity contribution in [3.63, 3.8) is 0 Å². The number of rotatable bonds is 5. The Labute approximate surface area is 151 Å². The molecule has 0 atom stereocenters. The first-order valence-corrected chi connectivity index (χ1v) is 8.11. The molecule has 0 aliphatic carbocycles. The highest BCUT2D eigenvalue weighted by molar-refractivity contribution is 5.70. The van der Waals surface area contributed by atoms with Crippen LogP contribution in [0.5, 0.6) is 0 Å². The molecule has 0 saturated heterocycles. The second-order valence-electron chi connectivity index (χ2n) is 5.81. The number of hydrogen-bond donors (Lipinski definition) is 0. The predicted molar refractivity (Wildman–Crippen MR) is 104 cm³/mol. The van der Waals surface area contributed by atoms with Gasteiger partial charge >= 0.3 is 0 Å². The monoisotopic (exact) mass is 343 g/mol. The normalized spacial score (nSPS) is 11.3. The number of nitro benzene ring substituents is 1. The summed E-state index contributed by atoms with van der Waals surface area (Å²) in [7, 11) is 0. The molecule has 26 heavy (non-hydrogen) atoms. The van der Waals surface area contributed by atoms with Crippen LogP contribution in [0.4, 0.5) is 17.1 Å². The zero-order valence-corrected chi connectivity index (χ0v) is 14.2. The Morgan fingerprint density at radius 3 is 1.62 bits per heavy atom. The first-order chi connectivity index (χ1) is 12.6. The summed E-state index contributed by atoms with van der Waals surface area (Å²) < 4.78 is 0. The third-order valence-electron chi connectivity index (χ3n) is 3.78. The summed E-state index contributed by atoms with van der Waals surface area (Å²) in [5.74, 6) is 0. The first kappa shape index (κ1) is 17.2. The molecule has 0 aliphatic heterocycles. The van der Waals surface area contributed by atoms with Gasteiger partial charge in [0.15, 0.2) is 0 Å². The summed E-state index contributed by atoms with van der Waals surface area (Å²) in [6.45, 7) is 2.03. The van der Waals surface area contributed by atoms with Gasteiger partial charge in [-0.25, -0.2) is 0 Å². The molecule has 0 N–H and O–H groups in total. The van der Waals surface area contributed by atoms with Crippen LogP contribution < -0.4 is 0 Å². The highest BCUT2D eigenvalue weighted by atomic mass is 16.6. The van der Waals surface area contributed by atoms with Crippen molar-refractivity contribution in [3.8, 4) is 0 Å². The van der Waals surface area contributed by atoms with Gasteiger partial charge in [-0.05, 0) is 54.4 Å². The Morgan fingerprint density at radius 2 is 1.15 bits per heavy atom. The maximum Gasteiger partial charge on any atom is 0.269 e. The van der Waals surface area contributed by atoms with Gasteiger partial charge in [0.05, 0.1) is 16.3 Å². The van der Waals surface area contributed by atoms with Crippen molar-refractivity contribution < 1.29 is 4.92 Å². The van der Waals surface area contributed by atoms with E-state index >= 15 is 0 Å². The van der Waals surface area contributed by atoms with E-state index in [-0.39, 0.29) is 5.69 Å². The molecule has 0 spiro atoms. The van der Waals surface area contributed by atoms with E-state index in [1.54, 1.807) is 12.1 Å². The van der Waals surface area contributed by atoms with Crippen LogP contribution in [0.1, 0.15) is 16.7 Å². The predicted octanol–water partition coefficient (Wildman–Crippen LogP) is 6.49. The lowest BCUT2D eigenvalue weighted by Crippen LogP contribution is -1.86. The average molecular weight is 343 g/mol. The van der Waals surface area contributed by atoms with Crippen molar-refractivity contribution >= 4 is 29.2 Å². The molecule has 3 aromatic rings. The van der Waals surface area contributed by atoms with Gasteiger partial charge in [-0.15, -0.1) is 0 Å². The fraction of sp³-hybridized carbons (Fsp3) is 0.0476. The van der Waals surface area contributed by atoms with Crippen molar-refractivity contribution in [1.82, 2.24) is 0 Å². The van der Waals surface area contributed by atoms with Crippen LogP contribution in [0, 0.1) is 17.0 Å². The standard InChI is InChI=1S/C21H17N3O2/c1-16-2-10-19(11-3-16)22-23-20-12-6-17(7-13-20)4-5-18-8-14-21(15-9-18)24(25)26/h2-15H,1H3/b5-4?,23-22+. The van der Waals surface area contributed by atoms with Gasteiger partial charge in [0.25, 0.3) is 5.69 Å². The van der Waals surface area contributed by atoms with E-state index in [4.69, 9.17) is 0 Å². The molecule has 0 radical (unpaired) electrons. The fourth-order valence-electron chi connectivity index (χ4n) is 2.28. The summed E-state index contributed by atoms with van der Waals surface area (Å²) in [6.07, 6.45) is 3.86. The zero-order valence-electron chi connectivity index (χ0n) is 14.2. The molecule has 0 aromatic heterocycles. The van der Waals surface area contributed by atoms with Crippen LogP contribution in [0.15, 0.2) is 83.0 Å². The van der Waals surface area contributed by atoms with Crippen LogP contribution in [0.25, 0.3) is 12.2 Å². The Balaban J connectivity index is 1.65. The molecular formula is C21H17N3O2. The molecule has 0 heterocycles. The lowest BCUT2D eigenvalue weighted by Gasteiger charge is -1.97. The fourth-order valence-corrected chi connectivity index (χ4v) is 2.28. The smallest absolute Gasteiger partial charge is 0.258 e. The molecule has 0 bridgehead atoms. The summed E-state index contributed by atoms with van der Waals surface area (Å²) in [5, 5.41) is 19.1. The van der Waals surface area contributed by atoms with E-state index in [1.165, 1.54) is 17.7 Å². The first-order valence-electron chi connectivity index (χ1n) is 8.11. The second-order valence-corrected chi connectivity index (χ2v) is 5.81. The average Bonchev–Trinajstić information content (AvgIpc) is 2.67. The van der Waals surface area contributed by atoms with Gasteiger partial charge < -0.3 is 0 Å². The van der Waals surface area contributed by atoms with Crippen LogP contribution >= 0.6 is 0 Å². The van der Waals surface area contributed by atoms with Crippen molar-refractivity contribution in [2.24, 2.45) is 10.2 Å². The number of benzene rings is 3. The van der Waals surface area contributed by atoms with E-state index in [9.17, 15) is 10.1 Å². The van der Waals surface area contributed by atoms with E-state index in [0.717, 1.165) is 22.5 Å². The molecule has 5 nitrogen and oxygen atoms in total. The van der Waals surface area contributed by atoms with Crippen LogP contribution in [0.3, 0.4) is 0 Å². The molecule has 0 amide bonds. The Morgan fingerprint density at radius 1 is 0.731 bits per heavy atom. The SMILES string of the molecule is Cc1ccc(/N=N/c2ccc(C=Cc3ccc([N+](=O)[O-])cc3)cc2)cc1. The topological polar surface area (TPSA) is 67.9 Å². The van der Waals surface area contributed by atoms with Gasteiger partial charge in [0.2, 0.25) is 0 Å². The quantitative estimate of drug-likeness (QED) is 0.230. The zero-order chi connectivity index (χ0) is 18.4. The van der Waals surface area contributed by atoms with Crippen molar-refractivity contribution in [2.45, 2.75) is 6.92 Å². The third-order valence-corrected chi connectivity index (χ3v) is 3.78. The third kappa shape index (κ3) is 4.70. The van der Waals surface area contributed by atoms with E-state index in [0.29, 0.717) is 0 Å². The minimum Gasteiger partial charge on any atom is -0.258 e. The Kier molecular flexibility index (Phi) is 5.29. The number of hydrogen-bond acceptors (Lipinski definition) is 4. The van der Waals surface area contributed by atoms with Gasteiger partial charge in [-0.3, -0.25) is 10.1 Å². The van der Waals surface area contributed by atoms with Crippen molar-refractivity contribution in [3.05, 3.63) is 99.6 Å². The molecule has 0 aliphatic rings. The second kappa shape index (κ2) is 7.98. The van der Waals surface area contributed by atoms with Gasteiger partial charge in [0, 0.05) is 12.1 Å². The molecule has 3 rings (SSSR count). The summed E-state index contributed by atoms with van der Waals surface area (Å²) in [5.41, 5.74) is 4.78. The summed E-state index contributed by atoms with van der Waals surface area (Å²) >= 11 is 0. The lowest BCUT2D eigenvalue weighted by molar-refractivity contribution is -0.384. The van der Waals surface area contributed by atoms with Gasteiger partial charge in [0.1, 0.15) is 0 Å². The minimum atomic E-state index is -0.405. The number of nitrogens with zero attached hydrogens (tertiary/aromatic N) is 3. The molecular weight excluding hydrogens is 326 g/mol. The van der Waals surface area contributed by atoms with Crippen molar-refractivity contribution in [2.75, 3.05) is 0 Å². The molecule has 0 saturated carbocycles. The largest absolute Gasteiger partial charge is 0.269 e. The minimum absolute atomic E-state index is 0.0884. The summed E-state index contributed by atoms with van der Waals surface area (Å²) in [4.78, 5) is 10.2. The highest BCUT2D eigenvalue weighted by Gasteiger charge is 2.02. The Bertz CT molecular complexity index is 942. The lowest BCUT2D eigenvalue weighted by atomic mass is 10.1. The maximum absolute atomic E-state index is 10.7.